The van der Waals surface area contributed by atoms with Crippen molar-refractivity contribution in [1.82, 2.24) is 14.6 Å². The smallest absolute Gasteiger partial charge is 0.413 e. The van der Waals surface area contributed by atoms with Gasteiger partial charge < -0.3 is 9.52 Å². The number of para-hydroxylation sites is 1. The van der Waals surface area contributed by atoms with Gasteiger partial charge in [-0.05, 0) is 18.1 Å². The predicted octanol–water partition coefficient (Wildman–Crippen LogP) is 4.94. The van der Waals surface area contributed by atoms with E-state index in [9.17, 15) is 9.90 Å². The minimum atomic E-state index is -1.14. The number of hydrogen-bond donors (Lipinski definition) is 1. The lowest BCUT2D eigenvalue weighted by atomic mass is 10.1. The molecule has 27 heavy (non-hydrogen) atoms. The molecule has 0 saturated carbocycles. The summed E-state index contributed by atoms with van der Waals surface area (Å²) in [5.74, 6) is 1.01. The van der Waals surface area contributed by atoms with Crippen LogP contribution in [0.15, 0.2) is 47.0 Å². The van der Waals surface area contributed by atoms with E-state index in [2.05, 4.69) is 10.1 Å². The maximum Gasteiger partial charge on any atom is 0.413 e. The molecule has 1 N–H and O–H groups in total. The summed E-state index contributed by atoms with van der Waals surface area (Å²) < 4.78 is 7.27. The van der Waals surface area contributed by atoms with E-state index >= 15 is 0 Å². The van der Waals surface area contributed by atoms with E-state index in [4.69, 9.17) is 16.0 Å². The molecule has 0 saturated heterocycles. The number of anilines is 1. The van der Waals surface area contributed by atoms with Gasteiger partial charge in [0, 0.05) is 17.0 Å². The number of nitrogens with zero attached hydrogens (tertiary/aromatic N) is 4. The lowest BCUT2D eigenvalue weighted by Gasteiger charge is -2.19. The Kier molecular flexibility index (Phi) is 4.24. The van der Waals surface area contributed by atoms with Gasteiger partial charge in [0.1, 0.15) is 22.3 Å². The summed E-state index contributed by atoms with van der Waals surface area (Å²) in [6.45, 7) is 4.06. The number of hydrogen-bond acceptors (Lipinski definition) is 4. The second-order valence-electron chi connectivity index (χ2n) is 6.55. The third kappa shape index (κ3) is 3.10. The minimum absolute atomic E-state index is 0.0241. The number of aromatic nitrogens is 3. The molecular weight excluding hydrogens is 368 g/mol. The van der Waals surface area contributed by atoms with Gasteiger partial charge in [0.05, 0.1) is 12.7 Å². The van der Waals surface area contributed by atoms with E-state index in [0.29, 0.717) is 22.8 Å². The SMILES string of the molecule is CC(C)c1cnn2c(N(Cc3cc4ccccc4o3)C(=O)O)cc(Cl)nc12. The maximum atomic E-state index is 12.0. The molecule has 0 radical (unpaired) electrons. The predicted molar refractivity (Wildman–Crippen MR) is 103 cm³/mol. The minimum Gasteiger partial charge on any atom is -0.465 e. The first-order valence-electron chi connectivity index (χ1n) is 8.46. The van der Waals surface area contributed by atoms with Gasteiger partial charge in [-0.2, -0.15) is 9.61 Å². The van der Waals surface area contributed by atoms with Crippen LogP contribution in [0.2, 0.25) is 5.15 Å². The van der Waals surface area contributed by atoms with Crippen molar-refractivity contribution >= 4 is 40.1 Å². The molecule has 4 rings (SSSR count). The Balaban J connectivity index is 1.81. The van der Waals surface area contributed by atoms with Gasteiger partial charge in [-0.15, -0.1) is 0 Å². The second kappa shape index (κ2) is 6.59. The van der Waals surface area contributed by atoms with Crippen LogP contribution in [0.25, 0.3) is 16.6 Å². The van der Waals surface area contributed by atoms with Crippen LogP contribution in [-0.4, -0.2) is 25.8 Å². The van der Waals surface area contributed by atoms with Crippen molar-refractivity contribution in [3.63, 3.8) is 0 Å². The molecule has 138 valence electrons. The molecule has 0 unspecified atom stereocenters. The van der Waals surface area contributed by atoms with E-state index < -0.39 is 6.09 Å². The molecule has 1 aromatic carbocycles. The van der Waals surface area contributed by atoms with Gasteiger partial charge in [-0.3, -0.25) is 4.90 Å². The second-order valence-corrected chi connectivity index (χ2v) is 6.93. The summed E-state index contributed by atoms with van der Waals surface area (Å²) in [5, 5.41) is 15.3. The van der Waals surface area contributed by atoms with Gasteiger partial charge in [0.25, 0.3) is 0 Å². The third-order valence-corrected chi connectivity index (χ3v) is 4.56. The Morgan fingerprint density at radius 2 is 2.11 bits per heavy atom. The number of furan rings is 1. The van der Waals surface area contributed by atoms with Crippen LogP contribution in [0.5, 0.6) is 0 Å². The molecule has 0 bridgehead atoms. The molecule has 3 aromatic heterocycles. The van der Waals surface area contributed by atoms with Crippen molar-refractivity contribution in [3.05, 3.63) is 59.1 Å². The lowest BCUT2D eigenvalue weighted by Crippen LogP contribution is -2.30. The zero-order valence-electron chi connectivity index (χ0n) is 14.8. The van der Waals surface area contributed by atoms with Crippen molar-refractivity contribution in [2.45, 2.75) is 26.3 Å². The highest BCUT2D eigenvalue weighted by atomic mass is 35.5. The molecule has 0 aliphatic heterocycles. The molecule has 3 heterocycles. The Bertz CT molecular complexity index is 1120. The maximum absolute atomic E-state index is 12.0. The summed E-state index contributed by atoms with van der Waals surface area (Å²) in [4.78, 5) is 17.5. The summed E-state index contributed by atoms with van der Waals surface area (Å²) >= 11 is 6.18. The number of carboxylic acid groups (broad SMARTS) is 1. The largest absolute Gasteiger partial charge is 0.465 e. The van der Waals surface area contributed by atoms with E-state index in [1.54, 1.807) is 6.20 Å². The molecule has 7 nitrogen and oxygen atoms in total. The molecule has 0 spiro atoms. The van der Waals surface area contributed by atoms with Gasteiger partial charge in [-0.1, -0.05) is 43.6 Å². The zero-order chi connectivity index (χ0) is 19.1. The van der Waals surface area contributed by atoms with Crippen LogP contribution in [0.4, 0.5) is 10.6 Å². The number of benzene rings is 1. The highest BCUT2D eigenvalue weighted by molar-refractivity contribution is 6.29. The van der Waals surface area contributed by atoms with Gasteiger partial charge >= 0.3 is 6.09 Å². The number of fused-ring (bicyclic) bond motifs is 2. The lowest BCUT2D eigenvalue weighted by molar-refractivity contribution is 0.200. The fourth-order valence-electron chi connectivity index (χ4n) is 3.05. The van der Waals surface area contributed by atoms with Crippen molar-refractivity contribution in [2.24, 2.45) is 0 Å². The standard InChI is InChI=1S/C19H17ClN4O3/c1-11(2)14-9-21-24-17(8-16(20)22-18(14)24)23(19(25)26)10-13-7-12-5-3-4-6-15(12)27-13/h3-9,11H,10H2,1-2H3,(H,25,26). The Morgan fingerprint density at radius 1 is 1.33 bits per heavy atom. The first kappa shape index (κ1) is 17.4. The molecule has 8 heteroatoms. The van der Waals surface area contributed by atoms with Crippen LogP contribution in [0.1, 0.15) is 31.1 Å². The van der Waals surface area contributed by atoms with E-state index in [1.165, 1.54) is 10.6 Å². The Labute approximate surface area is 159 Å². The average Bonchev–Trinajstić information content (AvgIpc) is 3.22. The fraction of sp³-hybridized carbons (Fsp3) is 0.211. The van der Waals surface area contributed by atoms with E-state index in [-0.39, 0.29) is 17.6 Å². The van der Waals surface area contributed by atoms with Crippen molar-refractivity contribution < 1.29 is 14.3 Å². The molecule has 4 aromatic rings. The molecule has 1 amide bonds. The molecule has 0 aliphatic carbocycles. The van der Waals surface area contributed by atoms with Crippen LogP contribution in [0, 0.1) is 0 Å². The first-order chi connectivity index (χ1) is 12.9. The molecule has 0 fully saturated rings. The highest BCUT2D eigenvalue weighted by Gasteiger charge is 2.23. The Morgan fingerprint density at radius 3 is 2.81 bits per heavy atom. The molecule has 0 atom stereocenters. The van der Waals surface area contributed by atoms with Gasteiger partial charge in [0.2, 0.25) is 0 Å². The van der Waals surface area contributed by atoms with Gasteiger partial charge in [0.15, 0.2) is 5.65 Å². The summed E-state index contributed by atoms with van der Waals surface area (Å²) in [6, 6.07) is 10.8. The fourth-order valence-corrected chi connectivity index (χ4v) is 3.23. The van der Waals surface area contributed by atoms with Crippen LogP contribution < -0.4 is 4.90 Å². The monoisotopic (exact) mass is 384 g/mol. The normalized spacial score (nSPS) is 11.6. The zero-order valence-corrected chi connectivity index (χ0v) is 15.5. The highest BCUT2D eigenvalue weighted by Crippen LogP contribution is 2.28. The van der Waals surface area contributed by atoms with E-state index in [1.807, 2.05) is 44.2 Å². The van der Waals surface area contributed by atoms with Crippen molar-refractivity contribution in [3.8, 4) is 0 Å². The first-order valence-corrected chi connectivity index (χ1v) is 8.84. The third-order valence-electron chi connectivity index (χ3n) is 4.37. The summed E-state index contributed by atoms with van der Waals surface area (Å²) in [6.07, 6.45) is 0.550. The van der Waals surface area contributed by atoms with Crippen LogP contribution in [-0.2, 0) is 6.54 Å². The summed E-state index contributed by atoms with van der Waals surface area (Å²) in [7, 11) is 0. The number of amides is 1. The number of rotatable bonds is 4. The van der Waals surface area contributed by atoms with Crippen LogP contribution >= 0.6 is 11.6 Å². The number of halogens is 1. The van der Waals surface area contributed by atoms with Gasteiger partial charge in [-0.25, -0.2) is 9.78 Å². The molecule has 0 aliphatic rings. The summed E-state index contributed by atoms with van der Waals surface area (Å²) in [5.41, 5.74) is 2.15. The average molecular weight is 385 g/mol. The molecular formula is C19H17ClN4O3. The quantitative estimate of drug-likeness (QED) is 0.504. The van der Waals surface area contributed by atoms with Crippen molar-refractivity contribution in [2.75, 3.05) is 4.90 Å². The number of carbonyl (C=O) groups is 1. The van der Waals surface area contributed by atoms with Crippen LogP contribution in [0.3, 0.4) is 0 Å². The van der Waals surface area contributed by atoms with Crippen molar-refractivity contribution in [1.29, 1.82) is 0 Å². The topological polar surface area (TPSA) is 83.9 Å². The van der Waals surface area contributed by atoms with E-state index in [0.717, 1.165) is 15.8 Å². The Hall–Kier alpha value is -3.06.